The SMILES string of the molecule is CCCc1nnc2n1N[C@@H](c1ccc(OC)cc1)[C@@H](C(=O)Nc1ccc(OCC)cc1)S2. The lowest BCUT2D eigenvalue weighted by Gasteiger charge is -2.33. The number of rotatable bonds is 8. The molecular weight excluding hydrogens is 426 g/mol. The predicted octanol–water partition coefficient (Wildman–Crippen LogP) is 4.04. The van der Waals surface area contributed by atoms with Gasteiger partial charge < -0.3 is 20.2 Å². The lowest BCUT2D eigenvalue weighted by Crippen LogP contribution is -2.41. The number of amides is 1. The molecule has 0 spiro atoms. The summed E-state index contributed by atoms with van der Waals surface area (Å²) in [4.78, 5) is 13.3. The average Bonchev–Trinajstić information content (AvgIpc) is 3.22. The Balaban J connectivity index is 1.60. The minimum absolute atomic E-state index is 0.112. The molecule has 0 bridgehead atoms. The third-order valence-electron chi connectivity index (χ3n) is 5.14. The monoisotopic (exact) mass is 453 g/mol. The zero-order valence-corrected chi connectivity index (χ0v) is 19.2. The lowest BCUT2D eigenvalue weighted by atomic mass is 10.0. The Morgan fingerprint density at radius 2 is 1.81 bits per heavy atom. The number of nitrogens with zero attached hydrogens (tertiary/aromatic N) is 3. The van der Waals surface area contributed by atoms with Crippen molar-refractivity contribution in [2.75, 3.05) is 24.5 Å². The van der Waals surface area contributed by atoms with Crippen molar-refractivity contribution in [3.8, 4) is 11.5 Å². The second-order valence-electron chi connectivity index (χ2n) is 7.35. The first kappa shape index (κ1) is 22.0. The number of anilines is 1. The van der Waals surface area contributed by atoms with Crippen LogP contribution in [0.1, 0.15) is 37.7 Å². The highest BCUT2D eigenvalue weighted by molar-refractivity contribution is 8.00. The number of carbonyl (C=O) groups is 1. The summed E-state index contributed by atoms with van der Waals surface area (Å²) in [6.07, 6.45) is 1.76. The van der Waals surface area contributed by atoms with Crippen LogP contribution in [-0.2, 0) is 11.2 Å². The van der Waals surface area contributed by atoms with Gasteiger partial charge in [0.2, 0.25) is 11.1 Å². The van der Waals surface area contributed by atoms with Crippen LogP contribution in [0.5, 0.6) is 11.5 Å². The Labute approximate surface area is 191 Å². The molecule has 0 saturated carbocycles. The van der Waals surface area contributed by atoms with E-state index in [1.54, 1.807) is 7.11 Å². The van der Waals surface area contributed by atoms with E-state index in [0.29, 0.717) is 17.5 Å². The first-order chi connectivity index (χ1) is 15.6. The van der Waals surface area contributed by atoms with E-state index in [1.807, 2.05) is 60.1 Å². The molecule has 1 amide bonds. The topological polar surface area (TPSA) is 90.3 Å². The van der Waals surface area contributed by atoms with Crippen molar-refractivity contribution < 1.29 is 14.3 Å². The van der Waals surface area contributed by atoms with Crippen LogP contribution in [0.4, 0.5) is 5.69 Å². The highest BCUT2D eigenvalue weighted by Crippen LogP contribution is 2.38. The Hall–Kier alpha value is -3.20. The first-order valence-electron chi connectivity index (χ1n) is 10.7. The molecule has 0 radical (unpaired) electrons. The van der Waals surface area contributed by atoms with Gasteiger partial charge in [-0.3, -0.25) is 4.79 Å². The Morgan fingerprint density at radius 1 is 1.09 bits per heavy atom. The number of methoxy groups -OCH3 is 1. The number of fused-ring (bicyclic) bond motifs is 1. The van der Waals surface area contributed by atoms with Crippen LogP contribution >= 0.6 is 11.8 Å². The summed E-state index contributed by atoms with van der Waals surface area (Å²) in [6, 6.07) is 14.9. The minimum atomic E-state index is -0.443. The summed E-state index contributed by atoms with van der Waals surface area (Å²) in [5.41, 5.74) is 5.17. The molecule has 1 aliphatic rings. The van der Waals surface area contributed by atoms with E-state index in [4.69, 9.17) is 9.47 Å². The van der Waals surface area contributed by atoms with Crippen molar-refractivity contribution in [1.82, 2.24) is 14.9 Å². The van der Waals surface area contributed by atoms with Gasteiger partial charge in [-0.15, -0.1) is 10.2 Å². The molecule has 8 nitrogen and oxygen atoms in total. The number of aromatic nitrogens is 3. The van der Waals surface area contributed by atoms with Crippen molar-refractivity contribution in [1.29, 1.82) is 0 Å². The van der Waals surface area contributed by atoms with Crippen LogP contribution < -0.4 is 20.2 Å². The van der Waals surface area contributed by atoms with E-state index in [1.165, 1.54) is 11.8 Å². The molecular formula is C23H27N5O3S. The molecule has 168 valence electrons. The maximum Gasteiger partial charge on any atom is 0.240 e. The molecule has 2 aromatic carbocycles. The van der Waals surface area contributed by atoms with Crippen LogP contribution in [0.3, 0.4) is 0 Å². The van der Waals surface area contributed by atoms with Gasteiger partial charge in [-0.2, -0.15) is 0 Å². The summed E-state index contributed by atoms with van der Waals surface area (Å²) in [5.74, 6) is 2.29. The molecule has 2 heterocycles. The molecule has 1 aromatic heterocycles. The Morgan fingerprint density at radius 3 is 2.47 bits per heavy atom. The number of carbonyl (C=O) groups excluding carboxylic acids is 1. The zero-order valence-electron chi connectivity index (χ0n) is 18.4. The molecule has 0 fully saturated rings. The van der Waals surface area contributed by atoms with Crippen molar-refractivity contribution in [3.63, 3.8) is 0 Å². The number of nitrogens with one attached hydrogen (secondary N) is 2. The largest absolute Gasteiger partial charge is 0.497 e. The van der Waals surface area contributed by atoms with E-state index < -0.39 is 5.25 Å². The fourth-order valence-electron chi connectivity index (χ4n) is 3.56. The predicted molar refractivity (Wildman–Crippen MR) is 125 cm³/mol. The number of hydrogen-bond acceptors (Lipinski definition) is 7. The van der Waals surface area contributed by atoms with Gasteiger partial charge in [0.1, 0.15) is 16.7 Å². The van der Waals surface area contributed by atoms with Gasteiger partial charge in [0.25, 0.3) is 0 Å². The van der Waals surface area contributed by atoms with Crippen LogP contribution in [-0.4, -0.2) is 39.7 Å². The summed E-state index contributed by atoms with van der Waals surface area (Å²) in [6.45, 7) is 4.64. The number of benzene rings is 2. The summed E-state index contributed by atoms with van der Waals surface area (Å²) < 4.78 is 12.7. The maximum absolute atomic E-state index is 13.3. The fourth-order valence-corrected chi connectivity index (χ4v) is 4.66. The number of ether oxygens (including phenoxy) is 2. The second kappa shape index (κ2) is 9.95. The standard InChI is InChI=1S/C23H27N5O3S/c1-4-6-19-25-26-23-28(19)27-20(15-7-11-17(30-3)12-8-15)21(32-23)22(29)24-16-9-13-18(14-10-16)31-5-2/h7-14,20-21,27H,4-6H2,1-3H3,(H,24,29)/t20-,21-/m0/s1. The van der Waals surface area contributed by atoms with Gasteiger partial charge in [0.05, 0.1) is 19.8 Å². The molecule has 1 aliphatic heterocycles. The first-order valence-corrected chi connectivity index (χ1v) is 11.6. The normalized spacial score (nSPS) is 17.2. The van der Waals surface area contributed by atoms with E-state index in [2.05, 4.69) is 27.9 Å². The maximum atomic E-state index is 13.3. The van der Waals surface area contributed by atoms with Gasteiger partial charge in [0.15, 0.2) is 5.82 Å². The third-order valence-corrected chi connectivity index (χ3v) is 6.36. The molecule has 2 N–H and O–H groups in total. The fraction of sp³-hybridized carbons (Fsp3) is 0.348. The smallest absolute Gasteiger partial charge is 0.240 e. The van der Waals surface area contributed by atoms with E-state index in [9.17, 15) is 4.79 Å². The molecule has 0 unspecified atom stereocenters. The highest BCUT2D eigenvalue weighted by atomic mass is 32.2. The number of hydrogen-bond donors (Lipinski definition) is 2. The van der Waals surface area contributed by atoms with Gasteiger partial charge in [0, 0.05) is 12.1 Å². The molecule has 9 heteroatoms. The van der Waals surface area contributed by atoms with Crippen molar-refractivity contribution in [2.24, 2.45) is 0 Å². The van der Waals surface area contributed by atoms with Gasteiger partial charge >= 0.3 is 0 Å². The zero-order chi connectivity index (χ0) is 22.5. The quantitative estimate of drug-likeness (QED) is 0.532. The Kier molecular flexibility index (Phi) is 6.84. The van der Waals surface area contributed by atoms with Crippen molar-refractivity contribution >= 4 is 23.4 Å². The molecule has 4 rings (SSSR count). The third kappa shape index (κ3) is 4.67. The number of aryl methyl sites for hydroxylation is 1. The molecule has 2 atom stereocenters. The minimum Gasteiger partial charge on any atom is -0.497 e. The summed E-state index contributed by atoms with van der Waals surface area (Å²) in [5, 5.41) is 11.9. The van der Waals surface area contributed by atoms with Crippen molar-refractivity contribution in [2.45, 2.75) is 43.1 Å². The van der Waals surface area contributed by atoms with Crippen LogP contribution in [0.25, 0.3) is 0 Å². The summed E-state index contributed by atoms with van der Waals surface area (Å²) >= 11 is 1.41. The molecule has 0 aliphatic carbocycles. The summed E-state index contributed by atoms with van der Waals surface area (Å²) in [7, 11) is 1.64. The van der Waals surface area contributed by atoms with Crippen LogP contribution in [0.15, 0.2) is 53.7 Å². The lowest BCUT2D eigenvalue weighted by molar-refractivity contribution is -0.116. The second-order valence-corrected chi connectivity index (χ2v) is 8.46. The van der Waals surface area contributed by atoms with Gasteiger partial charge in [-0.1, -0.05) is 30.8 Å². The van der Waals surface area contributed by atoms with Crippen LogP contribution in [0.2, 0.25) is 0 Å². The van der Waals surface area contributed by atoms with E-state index >= 15 is 0 Å². The van der Waals surface area contributed by atoms with Gasteiger partial charge in [-0.05, 0) is 55.3 Å². The molecule has 0 saturated heterocycles. The van der Waals surface area contributed by atoms with Gasteiger partial charge in [-0.25, -0.2) is 4.68 Å². The van der Waals surface area contributed by atoms with E-state index in [-0.39, 0.29) is 11.9 Å². The molecule has 3 aromatic rings. The number of thioether (sulfide) groups is 1. The van der Waals surface area contributed by atoms with Crippen LogP contribution in [0, 0.1) is 0 Å². The Bertz CT molecular complexity index is 1050. The van der Waals surface area contributed by atoms with E-state index in [0.717, 1.165) is 35.7 Å². The molecule has 32 heavy (non-hydrogen) atoms. The average molecular weight is 454 g/mol. The van der Waals surface area contributed by atoms with Crippen molar-refractivity contribution in [3.05, 3.63) is 59.9 Å². The highest BCUT2D eigenvalue weighted by Gasteiger charge is 2.37.